The van der Waals surface area contributed by atoms with Crippen LogP contribution >= 0.6 is 0 Å². The van der Waals surface area contributed by atoms with E-state index in [1.54, 1.807) is 17.0 Å². The normalized spacial score (nSPS) is 18.0. The van der Waals surface area contributed by atoms with Crippen LogP contribution in [-0.4, -0.2) is 30.6 Å². The molecule has 0 aliphatic carbocycles. The molecule has 22 heavy (non-hydrogen) atoms. The van der Waals surface area contributed by atoms with E-state index in [0.717, 1.165) is 5.56 Å². The monoisotopic (exact) mass is 300 g/mol. The van der Waals surface area contributed by atoms with Gasteiger partial charge in [0.2, 0.25) is 0 Å². The highest BCUT2D eigenvalue weighted by Crippen LogP contribution is 2.22. The molecule has 0 aromatic heterocycles. The fourth-order valence-corrected chi connectivity index (χ4v) is 2.44. The number of hydrogen-bond acceptors (Lipinski definition) is 2. The summed E-state index contributed by atoms with van der Waals surface area (Å²) < 4.78 is 18.6. The Labute approximate surface area is 128 Å². The van der Waals surface area contributed by atoms with Gasteiger partial charge < -0.3 is 15.0 Å². The minimum atomic E-state index is -0.325. The Morgan fingerprint density at radius 1 is 1.14 bits per heavy atom. The molecule has 1 fully saturated rings. The molecule has 5 heteroatoms. The van der Waals surface area contributed by atoms with Crippen molar-refractivity contribution in [3.05, 3.63) is 66.0 Å². The van der Waals surface area contributed by atoms with E-state index >= 15 is 0 Å². The van der Waals surface area contributed by atoms with Gasteiger partial charge >= 0.3 is 6.03 Å². The summed E-state index contributed by atoms with van der Waals surface area (Å²) in [6.45, 7) is 1.53. The van der Waals surface area contributed by atoms with Crippen molar-refractivity contribution in [3.8, 4) is 0 Å². The molecule has 0 saturated carbocycles. The molecule has 0 bridgehead atoms. The number of benzene rings is 2. The van der Waals surface area contributed by atoms with Gasteiger partial charge in [-0.15, -0.1) is 0 Å². The summed E-state index contributed by atoms with van der Waals surface area (Å²) in [4.78, 5) is 14.0. The lowest BCUT2D eigenvalue weighted by molar-refractivity contribution is -0.0135. The third kappa shape index (κ3) is 3.43. The van der Waals surface area contributed by atoms with Crippen molar-refractivity contribution >= 4 is 11.7 Å². The van der Waals surface area contributed by atoms with E-state index < -0.39 is 0 Å². The van der Waals surface area contributed by atoms with Crippen molar-refractivity contribution in [1.82, 2.24) is 4.90 Å². The number of nitrogens with zero attached hydrogens (tertiary/aromatic N) is 1. The first kappa shape index (κ1) is 14.5. The Morgan fingerprint density at radius 2 is 1.86 bits per heavy atom. The summed E-state index contributed by atoms with van der Waals surface area (Å²) in [5.41, 5.74) is 1.64. The summed E-state index contributed by atoms with van der Waals surface area (Å²) in [7, 11) is 0. The fourth-order valence-electron chi connectivity index (χ4n) is 2.44. The van der Waals surface area contributed by atoms with Crippen LogP contribution in [0.1, 0.15) is 11.7 Å². The molecule has 114 valence electrons. The fraction of sp³-hybridized carbons (Fsp3) is 0.235. The topological polar surface area (TPSA) is 41.6 Å². The third-order valence-electron chi connectivity index (χ3n) is 3.62. The van der Waals surface area contributed by atoms with E-state index in [4.69, 9.17) is 4.74 Å². The largest absolute Gasteiger partial charge is 0.370 e. The summed E-state index contributed by atoms with van der Waals surface area (Å²) >= 11 is 0. The van der Waals surface area contributed by atoms with Crippen molar-refractivity contribution in [2.24, 2.45) is 0 Å². The zero-order chi connectivity index (χ0) is 15.4. The van der Waals surface area contributed by atoms with E-state index in [1.807, 2.05) is 30.3 Å². The molecule has 2 aromatic rings. The molecule has 2 aromatic carbocycles. The number of nitrogens with one attached hydrogen (secondary N) is 1. The number of ether oxygens (including phenoxy) is 1. The molecule has 2 amide bonds. The number of urea groups is 1. The van der Waals surface area contributed by atoms with Gasteiger partial charge in [0.1, 0.15) is 11.9 Å². The van der Waals surface area contributed by atoms with Crippen LogP contribution in [0.15, 0.2) is 54.6 Å². The highest BCUT2D eigenvalue weighted by Gasteiger charge is 2.25. The summed E-state index contributed by atoms with van der Waals surface area (Å²) in [5, 5.41) is 2.78. The van der Waals surface area contributed by atoms with Crippen LogP contribution in [0.4, 0.5) is 14.9 Å². The zero-order valence-corrected chi connectivity index (χ0v) is 12.0. The van der Waals surface area contributed by atoms with Gasteiger partial charge in [-0.3, -0.25) is 0 Å². The van der Waals surface area contributed by atoms with E-state index in [-0.39, 0.29) is 18.0 Å². The Bertz CT molecular complexity index is 631. The van der Waals surface area contributed by atoms with Gasteiger partial charge in [-0.2, -0.15) is 0 Å². The Morgan fingerprint density at radius 3 is 2.59 bits per heavy atom. The average molecular weight is 300 g/mol. The lowest BCUT2D eigenvalue weighted by atomic mass is 10.1. The summed E-state index contributed by atoms with van der Waals surface area (Å²) in [6, 6.07) is 15.4. The van der Waals surface area contributed by atoms with Crippen LogP contribution in [0, 0.1) is 5.82 Å². The molecular formula is C17H17FN2O2. The first-order chi connectivity index (χ1) is 10.7. The maximum absolute atomic E-state index is 12.9. The Hall–Kier alpha value is -2.40. The van der Waals surface area contributed by atoms with Crippen LogP contribution in [0.5, 0.6) is 0 Å². The molecule has 1 unspecified atom stereocenters. The molecule has 1 aliphatic rings. The first-order valence-electron chi connectivity index (χ1n) is 7.20. The van der Waals surface area contributed by atoms with Gasteiger partial charge in [-0.1, -0.05) is 30.3 Å². The lowest BCUT2D eigenvalue weighted by Gasteiger charge is -2.33. The highest BCUT2D eigenvalue weighted by atomic mass is 19.1. The minimum absolute atomic E-state index is 0.117. The molecule has 0 spiro atoms. The summed E-state index contributed by atoms with van der Waals surface area (Å²) in [5.74, 6) is -0.325. The number of anilines is 1. The van der Waals surface area contributed by atoms with E-state index in [0.29, 0.717) is 25.4 Å². The molecule has 4 nitrogen and oxygen atoms in total. The molecule has 1 atom stereocenters. The van der Waals surface area contributed by atoms with E-state index in [9.17, 15) is 9.18 Å². The zero-order valence-electron chi connectivity index (χ0n) is 12.0. The highest BCUT2D eigenvalue weighted by molar-refractivity contribution is 5.89. The van der Waals surface area contributed by atoms with Gasteiger partial charge in [0.05, 0.1) is 13.2 Å². The average Bonchev–Trinajstić information content (AvgIpc) is 2.58. The van der Waals surface area contributed by atoms with Crippen LogP contribution < -0.4 is 5.32 Å². The van der Waals surface area contributed by atoms with E-state index in [2.05, 4.69) is 5.32 Å². The third-order valence-corrected chi connectivity index (χ3v) is 3.62. The smallest absolute Gasteiger partial charge is 0.322 e. The van der Waals surface area contributed by atoms with Crippen LogP contribution in [0.2, 0.25) is 0 Å². The second kappa shape index (κ2) is 6.58. The standard InChI is InChI=1S/C17H17FN2O2/c18-14-6-8-15(9-7-14)19-17(21)20-10-11-22-16(12-20)13-4-2-1-3-5-13/h1-9,16H,10-12H2,(H,19,21). The number of carbonyl (C=O) groups excluding carboxylic acids is 1. The van der Waals surface area contributed by atoms with Gasteiger partial charge in [0.15, 0.2) is 0 Å². The SMILES string of the molecule is O=C(Nc1ccc(F)cc1)N1CCOC(c2ccccc2)C1. The maximum atomic E-state index is 12.9. The van der Waals surface area contributed by atoms with Gasteiger partial charge in [-0.25, -0.2) is 9.18 Å². The van der Waals surface area contributed by atoms with Gasteiger partial charge in [-0.05, 0) is 29.8 Å². The van der Waals surface area contributed by atoms with Crippen LogP contribution in [0.25, 0.3) is 0 Å². The van der Waals surface area contributed by atoms with Crippen LogP contribution in [0.3, 0.4) is 0 Å². The molecule has 1 saturated heterocycles. The van der Waals surface area contributed by atoms with Gasteiger partial charge in [0, 0.05) is 12.2 Å². The van der Waals surface area contributed by atoms with Gasteiger partial charge in [0.25, 0.3) is 0 Å². The molecule has 1 heterocycles. The molecule has 3 rings (SSSR count). The van der Waals surface area contributed by atoms with Crippen LogP contribution in [-0.2, 0) is 4.74 Å². The van der Waals surface area contributed by atoms with Crippen molar-refractivity contribution in [2.75, 3.05) is 25.0 Å². The molecule has 0 radical (unpaired) electrons. The van der Waals surface area contributed by atoms with Crippen molar-refractivity contribution in [3.63, 3.8) is 0 Å². The number of rotatable bonds is 2. The second-order valence-corrected chi connectivity index (χ2v) is 5.15. The van der Waals surface area contributed by atoms with Crippen molar-refractivity contribution < 1.29 is 13.9 Å². The predicted molar refractivity (Wildman–Crippen MR) is 82.1 cm³/mol. The maximum Gasteiger partial charge on any atom is 0.322 e. The minimum Gasteiger partial charge on any atom is -0.370 e. The van der Waals surface area contributed by atoms with Crippen molar-refractivity contribution in [1.29, 1.82) is 0 Å². The number of morpholine rings is 1. The quantitative estimate of drug-likeness (QED) is 0.923. The number of halogens is 1. The first-order valence-corrected chi connectivity index (χ1v) is 7.20. The molecular weight excluding hydrogens is 283 g/mol. The molecule has 1 aliphatic heterocycles. The van der Waals surface area contributed by atoms with Crippen molar-refractivity contribution in [2.45, 2.75) is 6.10 Å². The second-order valence-electron chi connectivity index (χ2n) is 5.15. The summed E-state index contributed by atoms with van der Waals surface area (Å²) in [6.07, 6.45) is -0.117. The number of hydrogen-bond donors (Lipinski definition) is 1. The Kier molecular flexibility index (Phi) is 4.34. The number of carbonyl (C=O) groups is 1. The predicted octanol–water partition coefficient (Wildman–Crippen LogP) is 3.43. The Balaban J connectivity index is 1.64. The lowest BCUT2D eigenvalue weighted by Crippen LogP contribution is -2.44. The number of amides is 2. The van der Waals surface area contributed by atoms with E-state index in [1.165, 1.54) is 12.1 Å². The molecule has 1 N–H and O–H groups in total.